The summed E-state index contributed by atoms with van der Waals surface area (Å²) in [4.78, 5) is 30.6. The van der Waals surface area contributed by atoms with Gasteiger partial charge in [-0.25, -0.2) is 9.59 Å². The summed E-state index contributed by atoms with van der Waals surface area (Å²) < 4.78 is 12.2. The van der Waals surface area contributed by atoms with Crippen molar-refractivity contribution < 1.29 is 19.2 Å². The van der Waals surface area contributed by atoms with Crippen LogP contribution in [0, 0.1) is 6.92 Å². The highest BCUT2D eigenvalue weighted by molar-refractivity contribution is 6.03. The first-order valence-electron chi connectivity index (χ1n) is 10.6. The minimum Gasteiger partial charge on any atom is -0.478 e. The molecule has 0 radical (unpaired) electrons. The van der Waals surface area contributed by atoms with E-state index in [4.69, 9.17) is 4.74 Å². The third-order valence-electron chi connectivity index (χ3n) is 5.54. The number of hydrogen-bond acceptors (Lipinski definition) is 6. The van der Waals surface area contributed by atoms with Crippen molar-refractivity contribution in [2.24, 2.45) is 0 Å². The second-order valence-corrected chi connectivity index (χ2v) is 7.63. The SMILES string of the molecule is CCOc1nc2c(C)ccc(C(=O)O)c2n1-c1ccc(-c2ccccc2-c2noc(=O)[nH]2)cc1. The lowest BCUT2D eigenvalue weighted by Crippen LogP contribution is -2.05. The third-order valence-corrected chi connectivity index (χ3v) is 5.54. The van der Waals surface area contributed by atoms with Crippen LogP contribution in [0.15, 0.2) is 70.0 Å². The molecule has 0 aliphatic heterocycles. The summed E-state index contributed by atoms with van der Waals surface area (Å²) in [6.45, 7) is 4.12. The molecule has 5 rings (SSSR count). The summed E-state index contributed by atoms with van der Waals surface area (Å²) in [7, 11) is 0. The Kier molecular flexibility index (Phi) is 5.21. The fourth-order valence-electron chi connectivity index (χ4n) is 4.00. The van der Waals surface area contributed by atoms with E-state index in [1.165, 1.54) is 0 Å². The second-order valence-electron chi connectivity index (χ2n) is 7.63. The first kappa shape index (κ1) is 21.2. The van der Waals surface area contributed by atoms with E-state index in [2.05, 4.69) is 19.6 Å². The van der Waals surface area contributed by atoms with Crippen LogP contribution >= 0.6 is 0 Å². The van der Waals surface area contributed by atoms with Crippen LogP contribution in [-0.4, -0.2) is 37.4 Å². The number of H-pyrrole nitrogens is 1. The van der Waals surface area contributed by atoms with Gasteiger partial charge < -0.3 is 9.84 Å². The lowest BCUT2D eigenvalue weighted by atomic mass is 9.99. The highest BCUT2D eigenvalue weighted by Gasteiger charge is 2.21. The molecular weight excluding hydrogens is 436 g/mol. The Bertz CT molecular complexity index is 1580. The summed E-state index contributed by atoms with van der Waals surface area (Å²) in [5, 5.41) is 13.6. The molecule has 2 aromatic heterocycles. The zero-order valence-electron chi connectivity index (χ0n) is 18.4. The summed E-state index contributed by atoms with van der Waals surface area (Å²) in [6, 6.07) is 18.7. The normalized spacial score (nSPS) is 11.1. The molecule has 0 aliphatic carbocycles. The molecule has 5 aromatic rings. The van der Waals surface area contributed by atoms with E-state index < -0.39 is 11.7 Å². The van der Waals surface area contributed by atoms with Crippen molar-refractivity contribution in [2.75, 3.05) is 6.61 Å². The van der Waals surface area contributed by atoms with E-state index in [0.29, 0.717) is 40.7 Å². The number of carbonyl (C=O) groups is 1. The number of hydrogen-bond donors (Lipinski definition) is 2. The standard InChI is InChI=1S/C25H20N4O5/c1-3-33-24-26-20-14(2)8-13-19(23(30)31)21(20)29(24)16-11-9-15(10-12-16)17-6-4-5-7-18(17)22-27-25(32)34-28-22/h4-13H,3H2,1-2H3,(H,30,31)(H,27,28,32). The van der Waals surface area contributed by atoms with Gasteiger partial charge in [0.25, 0.3) is 0 Å². The van der Waals surface area contributed by atoms with Crippen LogP contribution in [0.1, 0.15) is 22.8 Å². The van der Waals surface area contributed by atoms with Gasteiger partial charge in [0, 0.05) is 5.56 Å². The molecule has 0 bridgehead atoms. The average Bonchev–Trinajstić information content (AvgIpc) is 3.44. The van der Waals surface area contributed by atoms with Crippen molar-refractivity contribution in [2.45, 2.75) is 13.8 Å². The lowest BCUT2D eigenvalue weighted by molar-refractivity contribution is 0.0698. The molecule has 0 spiro atoms. The first-order valence-corrected chi connectivity index (χ1v) is 10.6. The van der Waals surface area contributed by atoms with Crippen LogP contribution in [0.3, 0.4) is 0 Å². The van der Waals surface area contributed by atoms with E-state index in [9.17, 15) is 14.7 Å². The number of carboxylic acids is 1. The molecule has 0 saturated heterocycles. The number of aromatic amines is 1. The van der Waals surface area contributed by atoms with Crippen molar-refractivity contribution >= 4 is 17.0 Å². The van der Waals surface area contributed by atoms with Crippen molar-refractivity contribution in [3.63, 3.8) is 0 Å². The van der Waals surface area contributed by atoms with Gasteiger partial charge in [0.2, 0.25) is 0 Å². The Balaban J connectivity index is 1.67. The fraction of sp³-hybridized carbons (Fsp3) is 0.120. The Morgan fingerprint density at radius 3 is 2.47 bits per heavy atom. The maximum Gasteiger partial charge on any atom is 0.439 e. The zero-order chi connectivity index (χ0) is 23.8. The molecule has 0 atom stereocenters. The molecule has 0 unspecified atom stereocenters. The van der Waals surface area contributed by atoms with Gasteiger partial charge in [-0.15, -0.1) is 0 Å². The Hall–Kier alpha value is -4.66. The highest BCUT2D eigenvalue weighted by Crippen LogP contribution is 2.34. The van der Waals surface area contributed by atoms with Crippen LogP contribution in [-0.2, 0) is 0 Å². The first-order chi connectivity index (χ1) is 16.5. The number of ether oxygens (including phenoxy) is 1. The van der Waals surface area contributed by atoms with Crippen LogP contribution in [0.2, 0.25) is 0 Å². The van der Waals surface area contributed by atoms with Gasteiger partial charge in [-0.2, -0.15) is 4.98 Å². The van der Waals surface area contributed by atoms with Gasteiger partial charge in [0.15, 0.2) is 5.82 Å². The number of nitrogens with zero attached hydrogens (tertiary/aromatic N) is 3. The molecule has 2 N–H and O–H groups in total. The highest BCUT2D eigenvalue weighted by atomic mass is 16.5. The maximum absolute atomic E-state index is 12.0. The summed E-state index contributed by atoms with van der Waals surface area (Å²) in [5.74, 6) is -1.33. The van der Waals surface area contributed by atoms with Crippen molar-refractivity contribution in [3.05, 3.63) is 82.3 Å². The van der Waals surface area contributed by atoms with Gasteiger partial charge in [-0.05, 0) is 48.7 Å². The van der Waals surface area contributed by atoms with Crippen molar-refractivity contribution in [3.8, 4) is 34.2 Å². The Labute approximate surface area is 193 Å². The van der Waals surface area contributed by atoms with Crippen LogP contribution in [0.4, 0.5) is 0 Å². The van der Waals surface area contributed by atoms with Gasteiger partial charge in [-0.3, -0.25) is 14.1 Å². The summed E-state index contributed by atoms with van der Waals surface area (Å²) in [6.07, 6.45) is 0. The molecule has 0 fully saturated rings. The minimum atomic E-state index is -1.04. The van der Waals surface area contributed by atoms with Crippen LogP contribution in [0.25, 0.3) is 39.2 Å². The van der Waals surface area contributed by atoms with Crippen LogP contribution < -0.4 is 10.5 Å². The van der Waals surface area contributed by atoms with Gasteiger partial charge in [0.05, 0.1) is 28.9 Å². The zero-order valence-corrected chi connectivity index (χ0v) is 18.4. The number of imidazole rings is 1. The second kappa shape index (κ2) is 8.36. The molecule has 170 valence electrons. The molecular formula is C25H20N4O5. The number of fused-ring (bicyclic) bond motifs is 1. The summed E-state index contributed by atoms with van der Waals surface area (Å²) >= 11 is 0. The topological polar surface area (TPSA) is 123 Å². The van der Waals surface area contributed by atoms with E-state index in [-0.39, 0.29) is 5.56 Å². The minimum absolute atomic E-state index is 0.142. The van der Waals surface area contributed by atoms with Crippen molar-refractivity contribution in [1.82, 2.24) is 19.7 Å². The Morgan fingerprint density at radius 1 is 1.09 bits per heavy atom. The number of aromatic nitrogens is 4. The number of aromatic carboxylic acids is 1. The van der Waals surface area contributed by atoms with E-state index in [1.54, 1.807) is 16.7 Å². The van der Waals surface area contributed by atoms with E-state index in [1.807, 2.05) is 62.4 Å². The predicted octanol–water partition coefficient (Wildman–Crippen LogP) is 4.44. The molecule has 2 heterocycles. The quantitative estimate of drug-likeness (QED) is 0.387. The van der Waals surface area contributed by atoms with Gasteiger partial charge in [0.1, 0.15) is 0 Å². The summed E-state index contributed by atoms with van der Waals surface area (Å²) in [5.41, 5.74) is 5.19. The number of aryl methyl sites for hydroxylation is 1. The van der Waals surface area contributed by atoms with Crippen LogP contribution in [0.5, 0.6) is 6.01 Å². The number of nitrogens with one attached hydrogen (secondary N) is 1. The fourth-order valence-corrected chi connectivity index (χ4v) is 4.00. The number of carboxylic acid groups (broad SMARTS) is 1. The number of rotatable bonds is 6. The number of benzene rings is 3. The largest absolute Gasteiger partial charge is 0.478 e. The van der Waals surface area contributed by atoms with Gasteiger partial charge >= 0.3 is 17.7 Å². The van der Waals surface area contributed by atoms with E-state index in [0.717, 1.165) is 16.7 Å². The Morgan fingerprint density at radius 2 is 1.82 bits per heavy atom. The molecule has 3 aromatic carbocycles. The average molecular weight is 456 g/mol. The maximum atomic E-state index is 12.0. The molecule has 0 amide bonds. The molecule has 0 aliphatic rings. The molecule has 9 nitrogen and oxygen atoms in total. The molecule has 34 heavy (non-hydrogen) atoms. The third kappa shape index (κ3) is 3.53. The monoisotopic (exact) mass is 456 g/mol. The lowest BCUT2D eigenvalue weighted by Gasteiger charge is -2.12. The van der Waals surface area contributed by atoms with E-state index >= 15 is 0 Å². The molecule has 0 saturated carbocycles. The van der Waals surface area contributed by atoms with Crippen molar-refractivity contribution in [1.29, 1.82) is 0 Å². The predicted molar refractivity (Wildman–Crippen MR) is 125 cm³/mol. The smallest absolute Gasteiger partial charge is 0.439 e. The van der Waals surface area contributed by atoms with Gasteiger partial charge in [-0.1, -0.05) is 47.6 Å². The molecule has 9 heteroatoms.